The van der Waals surface area contributed by atoms with Gasteiger partial charge in [0.25, 0.3) is 0 Å². The molecule has 1 aliphatic heterocycles. The van der Waals surface area contributed by atoms with Crippen LogP contribution in [-0.2, 0) is 20.7 Å². The van der Waals surface area contributed by atoms with Gasteiger partial charge in [-0.3, -0.25) is 4.79 Å². The van der Waals surface area contributed by atoms with Crippen molar-refractivity contribution < 1.29 is 19.1 Å². The first-order chi connectivity index (χ1) is 10.7. The fourth-order valence-electron chi connectivity index (χ4n) is 3.63. The standard InChI is InChI=1S/C17H21NO4/c1-21-12-7-6-11-4-3-5-14(13(11)10-12)18-15(17(20)22-2)8-9-16(18)19/h6-7,10,14-15H,3-5,8-9H2,1-2H3. The summed E-state index contributed by atoms with van der Waals surface area (Å²) in [7, 11) is 3.01. The topological polar surface area (TPSA) is 55.8 Å². The van der Waals surface area contributed by atoms with Crippen LogP contribution in [0.5, 0.6) is 5.75 Å². The Kier molecular flexibility index (Phi) is 4.05. The smallest absolute Gasteiger partial charge is 0.328 e. The van der Waals surface area contributed by atoms with Crippen LogP contribution in [0.1, 0.15) is 42.9 Å². The van der Waals surface area contributed by atoms with Gasteiger partial charge in [-0.25, -0.2) is 4.79 Å². The molecule has 0 N–H and O–H groups in total. The molecule has 2 aliphatic rings. The van der Waals surface area contributed by atoms with E-state index in [1.54, 1.807) is 12.0 Å². The summed E-state index contributed by atoms with van der Waals surface area (Å²) in [4.78, 5) is 26.1. The number of hydrogen-bond acceptors (Lipinski definition) is 4. The maximum Gasteiger partial charge on any atom is 0.328 e. The number of rotatable bonds is 3. The summed E-state index contributed by atoms with van der Waals surface area (Å²) in [6.45, 7) is 0. The van der Waals surface area contributed by atoms with Gasteiger partial charge < -0.3 is 14.4 Å². The summed E-state index contributed by atoms with van der Waals surface area (Å²) in [6, 6.07) is 5.50. The Bertz CT molecular complexity index is 598. The molecule has 0 bridgehead atoms. The van der Waals surface area contributed by atoms with Crippen LogP contribution < -0.4 is 4.74 Å². The maximum atomic E-state index is 12.4. The molecule has 1 saturated heterocycles. The molecule has 22 heavy (non-hydrogen) atoms. The number of amides is 1. The molecule has 1 aromatic rings. The van der Waals surface area contributed by atoms with E-state index in [0.29, 0.717) is 12.8 Å². The predicted octanol–water partition coefficient (Wildman–Crippen LogP) is 2.24. The van der Waals surface area contributed by atoms with Crippen molar-refractivity contribution in [3.05, 3.63) is 29.3 Å². The average Bonchev–Trinajstić information content (AvgIpc) is 2.94. The number of nitrogens with zero attached hydrogens (tertiary/aromatic N) is 1. The van der Waals surface area contributed by atoms with Crippen LogP contribution >= 0.6 is 0 Å². The first kappa shape index (κ1) is 14.9. The Labute approximate surface area is 130 Å². The molecule has 1 amide bonds. The zero-order chi connectivity index (χ0) is 15.7. The molecule has 3 rings (SSSR count). The van der Waals surface area contributed by atoms with Crippen LogP contribution in [0, 0.1) is 0 Å². The second-order valence-electron chi connectivity index (χ2n) is 5.85. The van der Waals surface area contributed by atoms with Crippen LogP contribution in [-0.4, -0.2) is 37.0 Å². The zero-order valence-electron chi connectivity index (χ0n) is 13.0. The van der Waals surface area contributed by atoms with Gasteiger partial charge >= 0.3 is 5.97 Å². The van der Waals surface area contributed by atoms with Gasteiger partial charge in [0, 0.05) is 6.42 Å². The molecule has 1 aromatic carbocycles. The highest BCUT2D eigenvalue weighted by Crippen LogP contribution is 2.40. The van der Waals surface area contributed by atoms with Crippen molar-refractivity contribution in [1.82, 2.24) is 4.90 Å². The summed E-state index contributed by atoms with van der Waals surface area (Å²) in [5, 5.41) is 0. The molecular weight excluding hydrogens is 282 g/mol. The molecule has 0 radical (unpaired) electrons. The molecule has 0 saturated carbocycles. The first-order valence-corrected chi connectivity index (χ1v) is 7.71. The summed E-state index contributed by atoms with van der Waals surface area (Å²) in [5.74, 6) is 0.504. The highest BCUT2D eigenvalue weighted by atomic mass is 16.5. The zero-order valence-corrected chi connectivity index (χ0v) is 13.0. The fraction of sp³-hybridized carbons (Fsp3) is 0.529. The van der Waals surface area contributed by atoms with Crippen LogP contribution in [0.3, 0.4) is 0 Å². The number of ether oxygens (including phenoxy) is 2. The van der Waals surface area contributed by atoms with Crippen LogP contribution in [0.15, 0.2) is 18.2 Å². The van der Waals surface area contributed by atoms with Crippen molar-refractivity contribution in [1.29, 1.82) is 0 Å². The molecule has 2 unspecified atom stereocenters. The lowest BCUT2D eigenvalue weighted by Crippen LogP contribution is -2.42. The Morgan fingerprint density at radius 1 is 1.23 bits per heavy atom. The van der Waals surface area contributed by atoms with E-state index in [4.69, 9.17) is 9.47 Å². The molecule has 118 valence electrons. The quantitative estimate of drug-likeness (QED) is 0.804. The lowest BCUT2D eigenvalue weighted by atomic mass is 9.86. The van der Waals surface area contributed by atoms with E-state index in [-0.39, 0.29) is 17.9 Å². The van der Waals surface area contributed by atoms with Crippen LogP contribution in [0.25, 0.3) is 0 Å². The first-order valence-electron chi connectivity index (χ1n) is 7.71. The van der Waals surface area contributed by atoms with Gasteiger partial charge in [-0.15, -0.1) is 0 Å². The van der Waals surface area contributed by atoms with Crippen molar-refractivity contribution in [2.45, 2.75) is 44.2 Å². The lowest BCUT2D eigenvalue weighted by molar-refractivity contribution is -0.151. The third kappa shape index (κ3) is 2.45. The van der Waals surface area contributed by atoms with E-state index >= 15 is 0 Å². The van der Waals surface area contributed by atoms with Gasteiger partial charge in [0.2, 0.25) is 5.91 Å². The molecule has 2 atom stereocenters. The number of methoxy groups -OCH3 is 2. The summed E-state index contributed by atoms with van der Waals surface area (Å²) < 4.78 is 10.2. The molecule has 5 nitrogen and oxygen atoms in total. The number of fused-ring (bicyclic) bond motifs is 1. The van der Waals surface area contributed by atoms with Crippen molar-refractivity contribution in [3.63, 3.8) is 0 Å². The average molecular weight is 303 g/mol. The fourth-order valence-corrected chi connectivity index (χ4v) is 3.63. The molecular formula is C17H21NO4. The van der Waals surface area contributed by atoms with Gasteiger partial charge in [0.15, 0.2) is 0 Å². The Morgan fingerprint density at radius 3 is 2.77 bits per heavy atom. The second kappa shape index (κ2) is 5.99. The highest BCUT2D eigenvalue weighted by molar-refractivity contribution is 5.88. The van der Waals surface area contributed by atoms with E-state index < -0.39 is 6.04 Å². The minimum absolute atomic E-state index is 0.0380. The third-order valence-electron chi connectivity index (χ3n) is 4.70. The minimum atomic E-state index is -0.459. The third-order valence-corrected chi connectivity index (χ3v) is 4.70. The number of likely N-dealkylation sites (tertiary alicyclic amines) is 1. The van der Waals surface area contributed by atoms with E-state index in [1.165, 1.54) is 12.7 Å². The minimum Gasteiger partial charge on any atom is -0.497 e. The second-order valence-corrected chi connectivity index (χ2v) is 5.85. The summed E-state index contributed by atoms with van der Waals surface area (Å²) in [6.07, 6.45) is 3.85. The van der Waals surface area contributed by atoms with Gasteiger partial charge in [0.1, 0.15) is 11.8 Å². The normalized spacial score (nSPS) is 24.1. The van der Waals surface area contributed by atoms with Crippen molar-refractivity contribution in [3.8, 4) is 5.75 Å². The van der Waals surface area contributed by atoms with E-state index in [0.717, 1.165) is 30.6 Å². The van der Waals surface area contributed by atoms with E-state index in [1.807, 2.05) is 12.1 Å². The van der Waals surface area contributed by atoms with Gasteiger partial charge in [0.05, 0.1) is 20.3 Å². The van der Waals surface area contributed by atoms with Crippen molar-refractivity contribution in [2.24, 2.45) is 0 Å². The molecule has 5 heteroatoms. The van der Waals surface area contributed by atoms with Crippen molar-refractivity contribution >= 4 is 11.9 Å². The van der Waals surface area contributed by atoms with Gasteiger partial charge in [-0.2, -0.15) is 0 Å². The monoisotopic (exact) mass is 303 g/mol. The summed E-state index contributed by atoms with van der Waals surface area (Å²) >= 11 is 0. The number of aryl methyl sites for hydroxylation is 1. The molecule has 1 fully saturated rings. The Balaban J connectivity index is 1.98. The van der Waals surface area contributed by atoms with E-state index in [2.05, 4.69) is 6.07 Å². The highest BCUT2D eigenvalue weighted by Gasteiger charge is 2.42. The van der Waals surface area contributed by atoms with Gasteiger partial charge in [-0.1, -0.05) is 6.07 Å². The lowest BCUT2D eigenvalue weighted by Gasteiger charge is -2.36. The molecule has 0 aromatic heterocycles. The van der Waals surface area contributed by atoms with Crippen LogP contribution in [0.4, 0.5) is 0 Å². The predicted molar refractivity (Wildman–Crippen MR) is 80.6 cm³/mol. The Hall–Kier alpha value is -2.04. The van der Waals surface area contributed by atoms with Gasteiger partial charge in [-0.05, 0) is 48.9 Å². The number of carbonyl (C=O) groups is 2. The molecule has 1 aliphatic carbocycles. The number of hydrogen-bond donors (Lipinski definition) is 0. The van der Waals surface area contributed by atoms with Crippen LogP contribution in [0.2, 0.25) is 0 Å². The largest absolute Gasteiger partial charge is 0.497 e. The summed E-state index contributed by atoms with van der Waals surface area (Å²) in [5.41, 5.74) is 2.34. The SMILES string of the molecule is COC(=O)C1CCC(=O)N1C1CCCc2ccc(OC)cc21. The van der Waals surface area contributed by atoms with Crippen molar-refractivity contribution in [2.75, 3.05) is 14.2 Å². The number of esters is 1. The van der Waals surface area contributed by atoms with E-state index in [9.17, 15) is 9.59 Å². The number of benzene rings is 1. The molecule has 0 spiro atoms. The number of carbonyl (C=O) groups excluding carboxylic acids is 2. The maximum absolute atomic E-state index is 12.4. The molecule has 1 heterocycles. The Morgan fingerprint density at radius 2 is 2.05 bits per heavy atom.